The van der Waals surface area contributed by atoms with Crippen molar-refractivity contribution < 1.29 is 17.5 Å². The van der Waals surface area contributed by atoms with Gasteiger partial charge in [0.15, 0.2) is 15.0 Å². The van der Waals surface area contributed by atoms with Gasteiger partial charge in [-0.15, -0.1) is 11.3 Å². The Morgan fingerprint density at radius 2 is 2.00 bits per heavy atom. The highest BCUT2D eigenvalue weighted by Crippen LogP contribution is 2.34. The third-order valence-electron chi connectivity index (χ3n) is 5.43. The second-order valence-electron chi connectivity index (χ2n) is 7.60. The van der Waals surface area contributed by atoms with E-state index < -0.39 is 15.1 Å². The number of hydrogen-bond acceptors (Lipinski definition) is 6. The van der Waals surface area contributed by atoms with Gasteiger partial charge in [0.05, 0.1) is 18.1 Å². The smallest absolute Gasteiger partial charge is 0.185 e. The number of sulfone groups is 1. The molecule has 0 aliphatic carbocycles. The molecule has 1 fully saturated rings. The van der Waals surface area contributed by atoms with Gasteiger partial charge in [-0.05, 0) is 54.8 Å². The minimum atomic E-state index is -3.52. The highest BCUT2D eigenvalue weighted by Gasteiger charge is 2.34. The maximum Gasteiger partial charge on any atom is 0.185 e. The first-order chi connectivity index (χ1) is 15.3. The molecule has 32 heavy (non-hydrogen) atoms. The Morgan fingerprint density at radius 3 is 2.69 bits per heavy atom. The summed E-state index contributed by atoms with van der Waals surface area (Å²) in [6, 6.07) is 9.49. The maximum absolute atomic E-state index is 13.6. The first-order valence-corrected chi connectivity index (χ1v) is 13.6. The van der Waals surface area contributed by atoms with Crippen LogP contribution in [0.15, 0.2) is 51.1 Å². The van der Waals surface area contributed by atoms with Crippen LogP contribution in [0.2, 0.25) is 5.02 Å². The molecule has 0 atom stereocenters. The highest BCUT2D eigenvalue weighted by molar-refractivity contribution is 9.10. The lowest BCUT2D eigenvalue weighted by Gasteiger charge is -2.31. The lowest BCUT2D eigenvalue weighted by Crippen LogP contribution is -2.39. The van der Waals surface area contributed by atoms with E-state index in [2.05, 4.69) is 25.8 Å². The molecule has 10 heteroatoms. The molecule has 3 aromatic rings. The standard InChI is InChI=1S/C22H21BrClFN2O3S2/c1-30-20-3-2-15(23)11-21(20)32(28,29)19-4-6-27(7-5-19)22-26-18(13-31-22)10-14-8-16(24)12-17(25)9-14/h2-3,8-9,11-13,19H,4-7,10H2,1H3. The number of benzene rings is 2. The summed E-state index contributed by atoms with van der Waals surface area (Å²) < 4.78 is 46.1. The Morgan fingerprint density at radius 1 is 1.25 bits per heavy atom. The average molecular weight is 560 g/mol. The van der Waals surface area contributed by atoms with Gasteiger partial charge >= 0.3 is 0 Å². The van der Waals surface area contributed by atoms with Crippen LogP contribution in [0.5, 0.6) is 5.75 Å². The number of piperidine rings is 1. The molecule has 1 aliphatic rings. The topological polar surface area (TPSA) is 59.5 Å². The van der Waals surface area contributed by atoms with Gasteiger partial charge in [-0.3, -0.25) is 0 Å². The molecule has 0 bridgehead atoms. The molecule has 4 rings (SSSR count). The number of anilines is 1. The Balaban J connectivity index is 1.44. The van der Waals surface area contributed by atoms with Crippen LogP contribution < -0.4 is 9.64 Å². The fourth-order valence-corrected chi connectivity index (χ4v) is 7.40. The molecule has 2 aromatic carbocycles. The minimum absolute atomic E-state index is 0.220. The van der Waals surface area contributed by atoms with E-state index >= 15 is 0 Å². The van der Waals surface area contributed by atoms with Crippen molar-refractivity contribution in [3.63, 3.8) is 0 Å². The number of ether oxygens (including phenoxy) is 1. The normalized spacial score (nSPS) is 15.2. The fourth-order valence-electron chi connectivity index (χ4n) is 3.85. The molecule has 0 spiro atoms. The van der Waals surface area contributed by atoms with Gasteiger partial charge in [-0.1, -0.05) is 27.5 Å². The minimum Gasteiger partial charge on any atom is -0.495 e. The summed E-state index contributed by atoms with van der Waals surface area (Å²) in [5, 5.41) is 2.68. The van der Waals surface area contributed by atoms with Crippen molar-refractivity contribution in [3.05, 3.63) is 68.3 Å². The third kappa shape index (κ3) is 5.11. The zero-order valence-corrected chi connectivity index (χ0v) is 21.2. The van der Waals surface area contributed by atoms with Gasteiger partial charge in [0.25, 0.3) is 0 Å². The second kappa shape index (κ2) is 9.67. The van der Waals surface area contributed by atoms with Gasteiger partial charge < -0.3 is 9.64 Å². The SMILES string of the molecule is COc1ccc(Br)cc1S(=O)(=O)C1CCN(c2nc(Cc3cc(F)cc(Cl)c3)cs2)CC1. The van der Waals surface area contributed by atoms with Crippen molar-refractivity contribution in [1.82, 2.24) is 4.98 Å². The number of hydrogen-bond donors (Lipinski definition) is 0. The molecule has 0 amide bonds. The van der Waals surface area contributed by atoms with E-state index in [4.69, 9.17) is 16.3 Å². The maximum atomic E-state index is 13.6. The summed E-state index contributed by atoms with van der Waals surface area (Å²) in [4.78, 5) is 7.00. The molecule has 0 unspecified atom stereocenters. The molecule has 0 radical (unpaired) electrons. The average Bonchev–Trinajstić information content (AvgIpc) is 3.21. The van der Waals surface area contributed by atoms with Gasteiger partial charge in [0.2, 0.25) is 0 Å². The van der Waals surface area contributed by atoms with E-state index in [0.717, 1.165) is 16.4 Å². The van der Waals surface area contributed by atoms with Crippen LogP contribution in [0.1, 0.15) is 24.1 Å². The van der Waals surface area contributed by atoms with Crippen LogP contribution >= 0.6 is 38.9 Å². The summed E-state index contributed by atoms with van der Waals surface area (Å²) in [5.41, 5.74) is 1.60. The number of halogens is 3. The van der Waals surface area contributed by atoms with E-state index in [1.165, 1.54) is 30.6 Å². The quantitative estimate of drug-likeness (QED) is 0.385. The van der Waals surface area contributed by atoms with Crippen molar-refractivity contribution in [2.24, 2.45) is 0 Å². The predicted molar refractivity (Wildman–Crippen MR) is 129 cm³/mol. The monoisotopic (exact) mass is 558 g/mol. The Kier molecular flexibility index (Phi) is 7.09. The largest absolute Gasteiger partial charge is 0.495 e. The van der Waals surface area contributed by atoms with Gasteiger partial charge in [-0.2, -0.15) is 0 Å². The number of aromatic nitrogens is 1. The van der Waals surface area contributed by atoms with E-state index in [0.29, 0.717) is 47.6 Å². The van der Waals surface area contributed by atoms with Crippen LogP contribution in [0.25, 0.3) is 0 Å². The number of thiazole rings is 1. The van der Waals surface area contributed by atoms with Gasteiger partial charge in [0, 0.05) is 34.4 Å². The van der Waals surface area contributed by atoms with Crippen molar-refractivity contribution in [2.45, 2.75) is 29.4 Å². The van der Waals surface area contributed by atoms with Crippen molar-refractivity contribution >= 4 is 53.8 Å². The molecular weight excluding hydrogens is 539 g/mol. The Hall–Kier alpha value is -1.68. The number of nitrogens with zero attached hydrogens (tertiary/aromatic N) is 2. The van der Waals surface area contributed by atoms with E-state index in [1.807, 2.05) is 5.38 Å². The molecule has 170 valence electrons. The molecule has 5 nitrogen and oxygen atoms in total. The summed E-state index contributed by atoms with van der Waals surface area (Å²) in [6.45, 7) is 1.19. The number of rotatable bonds is 6. The number of methoxy groups -OCH3 is 1. The second-order valence-corrected chi connectivity index (χ2v) is 12.0. The fraction of sp³-hybridized carbons (Fsp3) is 0.318. The van der Waals surface area contributed by atoms with E-state index in [-0.39, 0.29) is 10.7 Å². The van der Waals surface area contributed by atoms with Gasteiger partial charge in [0.1, 0.15) is 16.5 Å². The molecule has 1 aliphatic heterocycles. The summed E-state index contributed by atoms with van der Waals surface area (Å²) in [7, 11) is -2.05. The van der Waals surface area contributed by atoms with Crippen molar-refractivity contribution in [1.29, 1.82) is 0 Å². The Bertz CT molecular complexity index is 1210. The first-order valence-electron chi connectivity index (χ1n) is 9.98. The first kappa shape index (κ1) is 23.5. The third-order valence-corrected chi connectivity index (χ3v) is 9.37. The summed E-state index contributed by atoms with van der Waals surface area (Å²) in [6.07, 6.45) is 1.50. The van der Waals surface area contributed by atoms with E-state index in [1.54, 1.807) is 24.3 Å². The molecule has 0 saturated carbocycles. The lowest BCUT2D eigenvalue weighted by molar-refractivity contribution is 0.401. The molecule has 1 saturated heterocycles. The molecule has 0 N–H and O–H groups in total. The van der Waals surface area contributed by atoms with Crippen LogP contribution in [0, 0.1) is 5.82 Å². The zero-order valence-electron chi connectivity index (χ0n) is 17.2. The lowest BCUT2D eigenvalue weighted by atomic mass is 10.1. The predicted octanol–water partition coefficient (Wildman–Crippen LogP) is 5.74. The van der Waals surface area contributed by atoms with Crippen LogP contribution in [0.4, 0.5) is 9.52 Å². The van der Waals surface area contributed by atoms with Gasteiger partial charge in [-0.25, -0.2) is 17.8 Å². The van der Waals surface area contributed by atoms with Crippen LogP contribution in [-0.2, 0) is 16.3 Å². The summed E-state index contributed by atoms with van der Waals surface area (Å²) in [5.74, 6) is -0.00837. The van der Waals surface area contributed by atoms with Crippen molar-refractivity contribution in [3.8, 4) is 5.75 Å². The Labute approximate surface area is 204 Å². The highest BCUT2D eigenvalue weighted by atomic mass is 79.9. The summed E-state index contributed by atoms with van der Waals surface area (Å²) >= 11 is 10.8. The van der Waals surface area contributed by atoms with Crippen LogP contribution in [0.3, 0.4) is 0 Å². The molecule has 1 aromatic heterocycles. The van der Waals surface area contributed by atoms with Crippen LogP contribution in [-0.4, -0.2) is 38.9 Å². The molecular formula is C22H21BrClFN2O3S2. The zero-order chi connectivity index (χ0) is 22.9. The van der Waals surface area contributed by atoms with Crippen molar-refractivity contribution in [2.75, 3.05) is 25.1 Å². The molecule has 2 heterocycles. The van der Waals surface area contributed by atoms with E-state index in [9.17, 15) is 12.8 Å².